The number of benzene rings is 1. The van der Waals surface area contributed by atoms with E-state index in [0.717, 1.165) is 18.5 Å². The van der Waals surface area contributed by atoms with Gasteiger partial charge < -0.3 is 15.3 Å². The number of likely N-dealkylation sites (N-methyl/N-ethyl adjacent to an activating group) is 1. The monoisotopic (exact) mass is 276 g/mol. The summed E-state index contributed by atoms with van der Waals surface area (Å²) in [6.07, 6.45) is 1.07. The van der Waals surface area contributed by atoms with Crippen LogP contribution in [0.3, 0.4) is 0 Å². The van der Waals surface area contributed by atoms with E-state index in [0.29, 0.717) is 11.7 Å². The van der Waals surface area contributed by atoms with E-state index in [2.05, 4.69) is 52.0 Å². The molecule has 0 bridgehead atoms. The minimum atomic E-state index is 0.103. The van der Waals surface area contributed by atoms with Gasteiger partial charge in [-0.15, -0.1) is 0 Å². The molecule has 2 rings (SSSR count). The minimum Gasteiger partial charge on any atom is -0.508 e. The standard InChI is InChI=1S/C17H28N2O/c1-11-7-8-14(20)16-13(9-12(2)15(11)16)18-10-17(3,4)19(5)6/h7-8,12-13,18,20H,9-10H2,1-6H3. The Morgan fingerprint density at radius 3 is 2.55 bits per heavy atom. The smallest absolute Gasteiger partial charge is 0.120 e. The lowest BCUT2D eigenvalue weighted by Gasteiger charge is -2.34. The number of hydrogen-bond acceptors (Lipinski definition) is 3. The summed E-state index contributed by atoms with van der Waals surface area (Å²) in [5.41, 5.74) is 3.85. The van der Waals surface area contributed by atoms with Gasteiger partial charge in [0.1, 0.15) is 5.75 Å². The maximum Gasteiger partial charge on any atom is 0.120 e. The number of hydrogen-bond donors (Lipinski definition) is 2. The number of phenols is 1. The predicted molar refractivity (Wildman–Crippen MR) is 84.4 cm³/mol. The van der Waals surface area contributed by atoms with Crippen molar-refractivity contribution >= 4 is 0 Å². The van der Waals surface area contributed by atoms with Gasteiger partial charge in [0, 0.05) is 23.7 Å². The minimum absolute atomic E-state index is 0.103. The van der Waals surface area contributed by atoms with Crippen LogP contribution < -0.4 is 5.32 Å². The van der Waals surface area contributed by atoms with Crippen LogP contribution in [0.25, 0.3) is 0 Å². The lowest BCUT2D eigenvalue weighted by atomic mass is 9.97. The van der Waals surface area contributed by atoms with E-state index in [4.69, 9.17) is 0 Å². The van der Waals surface area contributed by atoms with Gasteiger partial charge in [0.05, 0.1) is 0 Å². The predicted octanol–water partition coefficient (Wildman–Crippen LogP) is 3.18. The van der Waals surface area contributed by atoms with Crippen molar-refractivity contribution in [3.05, 3.63) is 28.8 Å². The second-order valence-corrected chi connectivity index (χ2v) is 7.01. The van der Waals surface area contributed by atoms with Crippen LogP contribution in [0.1, 0.15) is 55.8 Å². The van der Waals surface area contributed by atoms with Crippen LogP contribution in [0.5, 0.6) is 5.75 Å². The van der Waals surface area contributed by atoms with E-state index >= 15 is 0 Å². The molecule has 20 heavy (non-hydrogen) atoms. The third-order valence-electron chi connectivity index (χ3n) is 4.90. The fourth-order valence-corrected chi connectivity index (χ4v) is 3.06. The molecule has 0 spiro atoms. The zero-order chi connectivity index (χ0) is 15.1. The first-order valence-electron chi connectivity index (χ1n) is 7.47. The molecule has 3 heteroatoms. The van der Waals surface area contributed by atoms with Crippen molar-refractivity contribution in [1.29, 1.82) is 0 Å². The third kappa shape index (κ3) is 2.70. The first-order valence-corrected chi connectivity index (χ1v) is 7.47. The van der Waals surface area contributed by atoms with Crippen LogP contribution in [0.15, 0.2) is 12.1 Å². The molecule has 0 radical (unpaired) electrons. The summed E-state index contributed by atoms with van der Waals surface area (Å²) in [6.45, 7) is 9.76. The van der Waals surface area contributed by atoms with Crippen LogP contribution in [0.4, 0.5) is 0 Å². The Kier molecular flexibility index (Phi) is 4.12. The lowest BCUT2D eigenvalue weighted by Crippen LogP contribution is -2.47. The maximum atomic E-state index is 10.2. The molecule has 112 valence electrons. The molecule has 2 unspecified atom stereocenters. The molecule has 0 fully saturated rings. The molecule has 0 aliphatic heterocycles. The summed E-state index contributed by atoms with van der Waals surface area (Å²) in [5.74, 6) is 0.951. The second kappa shape index (κ2) is 5.38. The number of nitrogens with one attached hydrogen (secondary N) is 1. The van der Waals surface area contributed by atoms with Crippen LogP contribution in [-0.4, -0.2) is 36.2 Å². The first-order chi connectivity index (χ1) is 9.24. The number of phenolic OH excluding ortho intramolecular Hbond substituents is 1. The summed E-state index contributed by atoms with van der Waals surface area (Å²) in [6, 6.07) is 4.12. The highest BCUT2D eigenvalue weighted by molar-refractivity contribution is 5.50. The van der Waals surface area contributed by atoms with Gasteiger partial charge in [-0.25, -0.2) is 0 Å². The fourth-order valence-electron chi connectivity index (χ4n) is 3.06. The summed E-state index contributed by atoms with van der Waals surface area (Å²) < 4.78 is 0. The number of aromatic hydroxyl groups is 1. The molecule has 1 aliphatic rings. The molecule has 0 aromatic heterocycles. The molecule has 1 aromatic rings. The maximum absolute atomic E-state index is 10.2. The summed E-state index contributed by atoms with van der Waals surface area (Å²) in [7, 11) is 4.21. The molecule has 0 saturated heterocycles. The van der Waals surface area contributed by atoms with E-state index in [1.165, 1.54) is 11.1 Å². The Balaban J connectivity index is 2.21. The highest BCUT2D eigenvalue weighted by Gasteiger charge is 2.33. The average Bonchev–Trinajstić information content (AvgIpc) is 2.70. The normalized spacial score (nSPS) is 22.4. The van der Waals surface area contributed by atoms with Crippen molar-refractivity contribution in [3.8, 4) is 5.75 Å². The molecular formula is C17H28N2O. The van der Waals surface area contributed by atoms with Crippen LogP contribution in [0.2, 0.25) is 0 Å². The number of aryl methyl sites for hydroxylation is 1. The average molecular weight is 276 g/mol. The fraction of sp³-hybridized carbons (Fsp3) is 0.647. The SMILES string of the molecule is Cc1ccc(O)c2c1C(C)CC2NCC(C)(C)N(C)C. The molecule has 1 aliphatic carbocycles. The van der Waals surface area contributed by atoms with Gasteiger partial charge in [-0.1, -0.05) is 13.0 Å². The van der Waals surface area contributed by atoms with Crippen molar-refractivity contribution in [3.63, 3.8) is 0 Å². The molecule has 2 atom stereocenters. The highest BCUT2D eigenvalue weighted by atomic mass is 16.3. The van der Waals surface area contributed by atoms with E-state index in [9.17, 15) is 5.11 Å². The molecule has 1 aromatic carbocycles. The third-order valence-corrected chi connectivity index (χ3v) is 4.90. The lowest BCUT2D eigenvalue weighted by molar-refractivity contribution is 0.183. The van der Waals surface area contributed by atoms with Gasteiger partial charge >= 0.3 is 0 Å². The molecule has 0 saturated carbocycles. The highest BCUT2D eigenvalue weighted by Crippen LogP contribution is 2.45. The molecule has 0 amide bonds. The van der Waals surface area contributed by atoms with Gasteiger partial charge in [-0.3, -0.25) is 0 Å². The van der Waals surface area contributed by atoms with Crippen molar-refractivity contribution in [2.75, 3.05) is 20.6 Å². The van der Waals surface area contributed by atoms with Gasteiger partial charge in [-0.05, 0) is 64.4 Å². The van der Waals surface area contributed by atoms with E-state index in [1.807, 2.05) is 12.1 Å². The van der Waals surface area contributed by atoms with Crippen molar-refractivity contribution in [2.24, 2.45) is 0 Å². The quantitative estimate of drug-likeness (QED) is 0.886. The Hall–Kier alpha value is -1.06. The van der Waals surface area contributed by atoms with Crippen LogP contribution >= 0.6 is 0 Å². The first kappa shape index (κ1) is 15.3. The Morgan fingerprint density at radius 1 is 1.30 bits per heavy atom. The van der Waals surface area contributed by atoms with Crippen molar-refractivity contribution in [2.45, 2.75) is 51.6 Å². The Bertz CT molecular complexity index is 494. The summed E-state index contributed by atoms with van der Waals surface area (Å²) in [5, 5.41) is 13.9. The van der Waals surface area contributed by atoms with E-state index in [-0.39, 0.29) is 11.6 Å². The topological polar surface area (TPSA) is 35.5 Å². The number of fused-ring (bicyclic) bond motifs is 1. The van der Waals surface area contributed by atoms with E-state index in [1.54, 1.807) is 0 Å². The molecule has 0 heterocycles. The molecule has 3 nitrogen and oxygen atoms in total. The number of rotatable bonds is 4. The second-order valence-electron chi connectivity index (χ2n) is 7.01. The molecule has 2 N–H and O–H groups in total. The van der Waals surface area contributed by atoms with Crippen LogP contribution in [-0.2, 0) is 0 Å². The Morgan fingerprint density at radius 2 is 1.95 bits per heavy atom. The van der Waals surface area contributed by atoms with Crippen LogP contribution in [0, 0.1) is 6.92 Å². The van der Waals surface area contributed by atoms with Gasteiger partial charge in [0.25, 0.3) is 0 Å². The van der Waals surface area contributed by atoms with Gasteiger partial charge in [-0.2, -0.15) is 0 Å². The van der Waals surface area contributed by atoms with Gasteiger partial charge in [0.15, 0.2) is 0 Å². The summed E-state index contributed by atoms with van der Waals surface area (Å²) >= 11 is 0. The van der Waals surface area contributed by atoms with Gasteiger partial charge in [0.2, 0.25) is 0 Å². The Labute approximate surface area is 123 Å². The molecular weight excluding hydrogens is 248 g/mol. The zero-order valence-corrected chi connectivity index (χ0v) is 13.6. The van der Waals surface area contributed by atoms with E-state index < -0.39 is 0 Å². The number of nitrogens with zero attached hydrogens (tertiary/aromatic N) is 1. The largest absolute Gasteiger partial charge is 0.508 e. The summed E-state index contributed by atoms with van der Waals surface area (Å²) in [4.78, 5) is 2.23. The zero-order valence-electron chi connectivity index (χ0n) is 13.6. The van der Waals surface area contributed by atoms with Crippen molar-refractivity contribution in [1.82, 2.24) is 10.2 Å². The van der Waals surface area contributed by atoms with Crippen molar-refractivity contribution < 1.29 is 5.11 Å².